The Morgan fingerprint density at radius 1 is 1.41 bits per heavy atom. The summed E-state index contributed by atoms with van der Waals surface area (Å²) >= 11 is 3.24. The van der Waals surface area contributed by atoms with E-state index in [1.54, 1.807) is 17.7 Å². The van der Waals surface area contributed by atoms with Crippen molar-refractivity contribution in [1.29, 1.82) is 0 Å². The van der Waals surface area contributed by atoms with Gasteiger partial charge in [-0.15, -0.1) is 11.3 Å². The van der Waals surface area contributed by atoms with Gasteiger partial charge in [-0.3, -0.25) is 4.79 Å². The van der Waals surface area contributed by atoms with Gasteiger partial charge in [0, 0.05) is 23.9 Å². The molecule has 0 aliphatic heterocycles. The molecule has 0 aliphatic rings. The first-order valence-corrected chi connectivity index (χ1v) is 9.41. The van der Waals surface area contributed by atoms with E-state index in [0.29, 0.717) is 0 Å². The van der Waals surface area contributed by atoms with Crippen molar-refractivity contribution in [3.05, 3.63) is 17.3 Å². The molecule has 0 radical (unpaired) electrons. The molecule has 2 rings (SSSR count). The maximum atomic E-state index is 12.4. The van der Waals surface area contributed by atoms with Gasteiger partial charge in [0.2, 0.25) is 5.91 Å². The Bertz CT molecular complexity index is 641. The zero-order valence-corrected chi connectivity index (χ0v) is 15.3. The minimum Gasteiger partial charge on any atom is -0.345 e. The zero-order chi connectivity index (χ0) is 16.1. The number of nitrogens with zero attached hydrogens (tertiary/aromatic N) is 3. The van der Waals surface area contributed by atoms with Crippen LogP contribution in [0.3, 0.4) is 0 Å². The van der Waals surface area contributed by atoms with E-state index in [-0.39, 0.29) is 11.2 Å². The first-order valence-electron chi connectivity index (χ1n) is 7.71. The monoisotopic (exact) mass is 337 g/mol. The molecule has 2 aromatic heterocycles. The van der Waals surface area contributed by atoms with E-state index >= 15 is 0 Å². The van der Waals surface area contributed by atoms with Gasteiger partial charge in [-0.1, -0.05) is 32.0 Å². The van der Waals surface area contributed by atoms with Gasteiger partial charge in [-0.2, -0.15) is 0 Å². The SMILES string of the molecule is CCCCN(C)C(=O)C(C)Sc1ncnc2sc(CC)cc12. The highest BCUT2D eigenvalue weighted by Gasteiger charge is 2.20. The lowest BCUT2D eigenvalue weighted by atomic mass is 10.3. The number of hydrogen-bond acceptors (Lipinski definition) is 5. The van der Waals surface area contributed by atoms with E-state index in [1.165, 1.54) is 16.6 Å². The Morgan fingerprint density at radius 3 is 2.86 bits per heavy atom. The van der Waals surface area contributed by atoms with E-state index in [1.807, 2.05) is 18.9 Å². The van der Waals surface area contributed by atoms with Crippen LogP contribution in [0.15, 0.2) is 17.4 Å². The first kappa shape index (κ1) is 17.2. The lowest BCUT2D eigenvalue weighted by Crippen LogP contribution is -2.33. The molecule has 1 unspecified atom stereocenters. The molecule has 4 nitrogen and oxygen atoms in total. The Kier molecular flexibility index (Phi) is 6.20. The van der Waals surface area contributed by atoms with Crippen molar-refractivity contribution >= 4 is 39.2 Å². The van der Waals surface area contributed by atoms with Crippen molar-refractivity contribution in [1.82, 2.24) is 14.9 Å². The van der Waals surface area contributed by atoms with Crippen LogP contribution in [0.4, 0.5) is 0 Å². The third-order valence-electron chi connectivity index (χ3n) is 3.55. The zero-order valence-electron chi connectivity index (χ0n) is 13.6. The predicted molar refractivity (Wildman–Crippen MR) is 94.7 cm³/mol. The summed E-state index contributed by atoms with van der Waals surface area (Å²) < 4.78 is 0. The smallest absolute Gasteiger partial charge is 0.235 e. The minimum atomic E-state index is -0.134. The van der Waals surface area contributed by atoms with E-state index < -0.39 is 0 Å². The highest BCUT2D eigenvalue weighted by molar-refractivity contribution is 8.00. The normalized spacial score (nSPS) is 12.5. The highest BCUT2D eigenvalue weighted by Crippen LogP contribution is 2.33. The van der Waals surface area contributed by atoms with Gasteiger partial charge in [-0.05, 0) is 25.8 Å². The summed E-state index contributed by atoms with van der Waals surface area (Å²) in [6, 6.07) is 2.15. The lowest BCUT2D eigenvalue weighted by molar-refractivity contribution is -0.129. The third-order valence-corrected chi connectivity index (χ3v) is 5.84. The van der Waals surface area contributed by atoms with Crippen LogP contribution < -0.4 is 0 Å². The molecular weight excluding hydrogens is 314 g/mol. The topological polar surface area (TPSA) is 46.1 Å². The van der Waals surface area contributed by atoms with Crippen molar-refractivity contribution in [2.75, 3.05) is 13.6 Å². The predicted octanol–water partition coefficient (Wildman–Crippen LogP) is 3.99. The van der Waals surface area contributed by atoms with Crippen LogP contribution in [0.2, 0.25) is 0 Å². The van der Waals surface area contributed by atoms with Crippen LogP contribution in [0.1, 0.15) is 38.5 Å². The summed E-state index contributed by atoms with van der Waals surface area (Å²) in [6.45, 7) is 7.05. The Hall–Kier alpha value is -1.14. The number of aryl methyl sites for hydroxylation is 1. The molecule has 0 aromatic carbocycles. The molecule has 2 heterocycles. The average molecular weight is 338 g/mol. The Balaban J connectivity index is 2.12. The molecule has 0 bridgehead atoms. The largest absolute Gasteiger partial charge is 0.345 e. The number of thiophene rings is 1. The molecule has 0 saturated heterocycles. The molecule has 0 fully saturated rings. The molecule has 22 heavy (non-hydrogen) atoms. The fourth-order valence-electron chi connectivity index (χ4n) is 2.19. The van der Waals surface area contributed by atoms with Crippen molar-refractivity contribution in [3.63, 3.8) is 0 Å². The van der Waals surface area contributed by atoms with Crippen molar-refractivity contribution in [2.45, 2.75) is 50.3 Å². The van der Waals surface area contributed by atoms with Gasteiger partial charge in [0.1, 0.15) is 16.2 Å². The van der Waals surface area contributed by atoms with Crippen molar-refractivity contribution in [2.24, 2.45) is 0 Å². The number of rotatable bonds is 7. The fourth-order valence-corrected chi connectivity index (χ4v) is 4.19. The number of amides is 1. The third kappa shape index (κ3) is 3.98. The number of carbonyl (C=O) groups is 1. The molecule has 0 aliphatic carbocycles. The number of hydrogen-bond donors (Lipinski definition) is 0. The highest BCUT2D eigenvalue weighted by atomic mass is 32.2. The molecule has 1 atom stereocenters. The number of fused-ring (bicyclic) bond motifs is 1. The van der Waals surface area contributed by atoms with Crippen LogP contribution in [0.5, 0.6) is 0 Å². The summed E-state index contributed by atoms with van der Waals surface area (Å²) in [5.41, 5.74) is 0. The summed E-state index contributed by atoms with van der Waals surface area (Å²) in [5, 5.41) is 1.85. The van der Waals surface area contributed by atoms with E-state index in [4.69, 9.17) is 0 Å². The van der Waals surface area contributed by atoms with Crippen LogP contribution in [-0.2, 0) is 11.2 Å². The molecule has 0 spiro atoms. The quantitative estimate of drug-likeness (QED) is 0.566. The Morgan fingerprint density at radius 2 is 2.18 bits per heavy atom. The van der Waals surface area contributed by atoms with Gasteiger partial charge < -0.3 is 4.90 Å². The molecule has 1 amide bonds. The molecular formula is C16H23N3OS2. The number of carbonyl (C=O) groups excluding carboxylic acids is 1. The van der Waals surface area contributed by atoms with E-state index in [0.717, 1.165) is 41.0 Å². The van der Waals surface area contributed by atoms with E-state index in [9.17, 15) is 4.79 Å². The lowest BCUT2D eigenvalue weighted by Gasteiger charge is -2.20. The van der Waals surface area contributed by atoms with Crippen LogP contribution >= 0.6 is 23.1 Å². The number of aromatic nitrogens is 2. The van der Waals surface area contributed by atoms with Gasteiger partial charge in [-0.25, -0.2) is 9.97 Å². The van der Waals surface area contributed by atoms with Gasteiger partial charge in [0.15, 0.2) is 0 Å². The van der Waals surface area contributed by atoms with Gasteiger partial charge in [0.05, 0.1) is 5.25 Å². The van der Waals surface area contributed by atoms with Crippen LogP contribution in [-0.4, -0.2) is 39.6 Å². The summed E-state index contributed by atoms with van der Waals surface area (Å²) in [6.07, 6.45) is 4.74. The summed E-state index contributed by atoms with van der Waals surface area (Å²) in [7, 11) is 1.88. The molecule has 0 saturated carbocycles. The molecule has 120 valence electrons. The summed E-state index contributed by atoms with van der Waals surface area (Å²) in [5.74, 6) is 0.163. The van der Waals surface area contributed by atoms with Gasteiger partial charge in [0.25, 0.3) is 0 Å². The molecule has 2 aromatic rings. The van der Waals surface area contributed by atoms with Gasteiger partial charge >= 0.3 is 0 Å². The maximum Gasteiger partial charge on any atom is 0.235 e. The number of unbranched alkanes of at least 4 members (excludes halogenated alkanes) is 1. The minimum absolute atomic E-state index is 0.134. The second kappa shape index (κ2) is 7.92. The molecule has 0 N–H and O–H groups in total. The second-order valence-corrected chi connectivity index (χ2v) is 7.78. The second-order valence-electron chi connectivity index (χ2n) is 5.34. The maximum absolute atomic E-state index is 12.4. The van der Waals surface area contributed by atoms with Crippen LogP contribution in [0, 0.1) is 0 Å². The first-order chi connectivity index (χ1) is 10.6. The Labute approximate surface area is 140 Å². The van der Waals surface area contributed by atoms with E-state index in [2.05, 4.69) is 29.9 Å². The number of thioether (sulfide) groups is 1. The van der Waals surface area contributed by atoms with Crippen molar-refractivity contribution < 1.29 is 4.79 Å². The standard InChI is InChI=1S/C16H23N3OS2/c1-5-7-8-19(4)16(20)11(3)21-14-13-9-12(6-2)22-15(13)18-10-17-14/h9-11H,5-8H2,1-4H3. The van der Waals surface area contributed by atoms with Crippen molar-refractivity contribution in [3.8, 4) is 0 Å². The summed E-state index contributed by atoms with van der Waals surface area (Å²) in [4.78, 5) is 25.3. The fraction of sp³-hybridized carbons (Fsp3) is 0.562. The average Bonchev–Trinajstić information content (AvgIpc) is 2.96. The molecule has 6 heteroatoms. The van der Waals surface area contributed by atoms with Crippen LogP contribution in [0.25, 0.3) is 10.2 Å².